The van der Waals surface area contributed by atoms with Gasteiger partial charge in [0.25, 0.3) is 11.8 Å². The van der Waals surface area contributed by atoms with Gasteiger partial charge in [-0.1, -0.05) is 57.8 Å². The number of aliphatic imine (C=N–C) groups is 1. The molecule has 33 heavy (non-hydrogen) atoms. The van der Waals surface area contributed by atoms with Crippen LogP contribution in [0.2, 0.25) is 0 Å². The summed E-state index contributed by atoms with van der Waals surface area (Å²) in [6, 6.07) is 3.60. The van der Waals surface area contributed by atoms with Gasteiger partial charge in [0.05, 0.1) is 0 Å². The Balaban J connectivity index is 1.38. The molecule has 7 nitrogen and oxygen atoms in total. The van der Waals surface area contributed by atoms with E-state index in [2.05, 4.69) is 10.3 Å². The zero-order valence-corrected chi connectivity index (χ0v) is 20.0. The van der Waals surface area contributed by atoms with Crippen LogP contribution in [0.3, 0.4) is 0 Å². The lowest BCUT2D eigenvalue weighted by atomic mass is 9.75. The van der Waals surface area contributed by atoms with Gasteiger partial charge >= 0.3 is 0 Å². The molecule has 7 heteroatoms. The third-order valence-electron chi connectivity index (χ3n) is 7.99. The van der Waals surface area contributed by atoms with E-state index in [1.54, 1.807) is 31.6 Å². The van der Waals surface area contributed by atoms with Crippen LogP contribution in [0.15, 0.2) is 29.5 Å². The van der Waals surface area contributed by atoms with E-state index < -0.39 is 5.54 Å². The molecule has 0 saturated heterocycles. The van der Waals surface area contributed by atoms with Crippen molar-refractivity contribution in [3.8, 4) is 0 Å². The van der Waals surface area contributed by atoms with Crippen LogP contribution in [0, 0.1) is 11.8 Å². The number of guanidine groups is 1. The second kappa shape index (κ2) is 10.7. The van der Waals surface area contributed by atoms with Crippen LogP contribution in [-0.2, 0) is 4.79 Å². The lowest BCUT2D eigenvalue weighted by Crippen LogP contribution is -2.45. The summed E-state index contributed by atoms with van der Waals surface area (Å²) < 4.78 is 0. The first-order valence-electron chi connectivity index (χ1n) is 12.8. The first-order valence-corrected chi connectivity index (χ1v) is 12.8. The van der Waals surface area contributed by atoms with Gasteiger partial charge in [-0.2, -0.15) is 0 Å². The SMILES string of the molecule is CN1C(=O)[C@@](CCCC2CCCCC2)(C[C@H]2CCC[C@@H](NC(=O)c3ccncc3)C2)N=C1N. The summed E-state index contributed by atoms with van der Waals surface area (Å²) in [5.41, 5.74) is 6.02. The summed E-state index contributed by atoms with van der Waals surface area (Å²) in [5, 5.41) is 3.19. The van der Waals surface area contributed by atoms with Crippen molar-refractivity contribution < 1.29 is 9.59 Å². The van der Waals surface area contributed by atoms with E-state index in [0.29, 0.717) is 17.4 Å². The van der Waals surface area contributed by atoms with Crippen molar-refractivity contribution in [3.05, 3.63) is 30.1 Å². The van der Waals surface area contributed by atoms with Crippen molar-refractivity contribution in [2.45, 2.75) is 95.1 Å². The molecule has 3 aliphatic rings. The van der Waals surface area contributed by atoms with Crippen LogP contribution < -0.4 is 11.1 Å². The second-order valence-electron chi connectivity index (χ2n) is 10.4. The fourth-order valence-corrected chi connectivity index (χ4v) is 6.17. The van der Waals surface area contributed by atoms with Crippen molar-refractivity contribution in [2.75, 3.05) is 7.05 Å². The van der Waals surface area contributed by atoms with Gasteiger partial charge < -0.3 is 11.1 Å². The summed E-state index contributed by atoms with van der Waals surface area (Å²) in [4.78, 5) is 36.2. The molecule has 0 aromatic carbocycles. The van der Waals surface area contributed by atoms with Gasteiger partial charge in [-0.15, -0.1) is 0 Å². The molecule has 3 atom stereocenters. The minimum Gasteiger partial charge on any atom is -0.369 e. The minimum absolute atomic E-state index is 0.0478. The number of pyridine rings is 1. The monoisotopic (exact) mass is 453 g/mol. The molecule has 1 aliphatic heterocycles. The maximum absolute atomic E-state index is 13.3. The Hall–Kier alpha value is -2.44. The van der Waals surface area contributed by atoms with Gasteiger partial charge in [0.15, 0.2) is 5.96 Å². The number of carbonyl (C=O) groups excluding carboxylic acids is 2. The first kappa shape index (κ1) is 23.7. The third-order valence-corrected chi connectivity index (χ3v) is 7.99. The molecule has 2 heterocycles. The summed E-state index contributed by atoms with van der Waals surface area (Å²) in [7, 11) is 1.74. The molecule has 2 aliphatic carbocycles. The zero-order chi connectivity index (χ0) is 23.3. The summed E-state index contributed by atoms with van der Waals surface area (Å²) >= 11 is 0. The molecule has 180 valence electrons. The molecular formula is C26H39N5O2. The highest BCUT2D eigenvalue weighted by Gasteiger charge is 2.47. The Bertz CT molecular complexity index is 851. The van der Waals surface area contributed by atoms with Crippen LogP contribution in [0.1, 0.15) is 93.8 Å². The predicted octanol–water partition coefficient (Wildman–Crippen LogP) is 4.04. The minimum atomic E-state index is -0.727. The fourth-order valence-electron chi connectivity index (χ4n) is 6.17. The quantitative estimate of drug-likeness (QED) is 0.620. The molecule has 0 bridgehead atoms. The Labute approximate surface area is 197 Å². The number of hydrogen-bond acceptors (Lipinski definition) is 5. The lowest BCUT2D eigenvalue weighted by Gasteiger charge is -2.35. The van der Waals surface area contributed by atoms with E-state index in [4.69, 9.17) is 10.7 Å². The van der Waals surface area contributed by atoms with Crippen LogP contribution in [0.25, 0.3) is 0 Å². The molecule has 0 unspecified atom stereocenters. The molecule has 2 fully saturated rings. The predicted molar refractivity (Wildman–Crippen MR) is 130 cm³/mol. The maximum Gasteiger partial charge on any atom is 0.257 e. The first-order chi connectivity index (χ1) is 16.0. The highest BCUT2D eigenvalue weighted by atomic mass is 16.2. The van der Waals surface area contributed by atoms with E-state index in [9.17, 15) is 9.59 Å². The molecule has 1 aromatic heterocycles. The zero-order valence-electron chi connectivity index (χ0n) is 20.0. The molecule has 1 aromatic rings. The van der Waals surface area contributed by atoms with E-state index in [0.717, 1.165) is 50.9 Å². The van der Waals surface area contributed by atoms with Crippen molar-refractivity contribution in [1.82, 2.24) is 15.2 Å². The summed E-state index contributed by atoms with van der Waals surface area (Å²) in [6.07, 6.45) is 17.7. The van der Waals surface area contributed by atoms with E-state index in [1.165, 1.54) is 43.4 Å². The number of hydrogen-bond donors (Lipinski definition) is 2. The van der Waals surface area contributed by atoms with Crippen molar-refractivity contribution in [2.24, 2.45) is 22.6 Å². The van der Waals surface area contributed by atoms with Crippen LogP contribution in [0.5, 0.6) is 0 Å². The van der Waals surface area contributed by atoms with Crippen molar-refractivity contribution >= 4 is 17.8 Å². The Morgan fingerprint density at radius 2 is 1.85 bits per heavy atom. The largest absolute Gasteiger partial charge is 0.369 e. The molecule has 0 radical (unpaired) electrons. The van der Waals surface area contributed by atoms with Crippen LogP contribution in [-0.4, -0.2) is 46.3 Å². The molecule has 0 spiro atoms. The second-order valence-corrected chi connectivity index (χ2v) is 10.4. The maximum atomic E-state index is 13.3. The number of amides is 2. The Morgan fingerprint density at radius 1 is 1.12 bits per heavy atom. The van der Waals surface area contributed by atoms with E-state index in [-0.39, 0.29) is 17.9 Å². The summed E-state index contributed by atoms with van der Waals surface area (Å²) in [6.45, 7) is 0. The Kier molecular flexibility index (Phi) is 7.66. The van der Waals surface area contributed by atoms with Gasteiger partial charge in [0, 0.05) is 31.0 Å². The van der Waals surface area contributed by atoms with E-state index in [1.807, 2.05) is 0 Å². The standard InChI is InChI=1S/C26H39N5O2/c1-31-24(33)26(30-25(31)27,14-6-10-19-7-3-2-4-8-19)18-20-9-5-11-22(17-20)29-23(32)21-12-15-28-16-13-21/h12-13,15-16,19-20,22H,2-11,14,17-18H2,1H3,(H2,27,30)(H,29,32)/t20-,22+,26+/m0/s1. The van der Waals surface area contributed by atoms with Crippen molar-refractivity contribution in [3.63, 3.8) is 0 Å². The number of nitrogens with one attached hydrogen (secondary N) is 1. The topological polar surface area (TPSA) is 101 Å². The molecular weight excluding hydrogens is 414 g/mol. The normalized spacial score (nSPS) is 28.6. The number of nitrogens with two attached hydrogens (primary N) is 1. The number of rotatable bonds is 8. The highest BCUT2D eigenvalue weighted by Crippen LogP contribution is 2.39. The number of likely N-dealkylation sites (N-methyl/N-ethyl adjacent to an activating group) is 1. The number of carbonyl (C=O) groups is 2. The molecule has 2 saturated carbocycles. The van der Waals surface area contributed by atoms with Gasteiger partial charge in [0.1, 0.15) is 5.54 Å². The number of nitrogens with zero attached hydrogens (tertiary/aromatic N) is 3. The molecule has 3 N–H and O–H groups in total. The van der Waals surface area contributed by atoms with Crippen LogP contribution in [0.4, 0.5) is 0 Å². The number of aromatic nitrogens is 1. The summed E-state index contributed by atoms with van der Waals surface area (Å²) in [5.74, 6) is 1.49. The molecule has 2 amide bonds. The average Bonchev–Trinajstić information content (AvgIpc) is 3.04. The molecule has 4 rings (SSSR count). The Morgan fingerprint density at radius 3 is 2.55 bits per heavy atom. The smallest absolute Gasteiger partial charge is 0.257 e. The van der Waals surface area contributed by atoms with Gasteiger partial charge in [-0.25, -0.2) is 4.99 Å². The van der Waals surface area contributed by atoms with Gasteiger partial charge in [-0.3, -0.25) is 19.5 Å². The van der Waals surface area contributed by atoms with Crippen molar-refractivity contribution in [1.29, 1.82) is 0 Å². The lowest BCUT2D eigenvalue weighted by molar-refractivity contribution is -0.131. The fraction of sp³-hybridized carbons (Fsp3) is 0.692. The van der Waals surface area contributed by atoms with Gasteiger partial charge in [0.2, 0.25) is 0 Å². The van der Waals surface area contributed by atoms with E-state index >= 15 is 0 Å². The van der Waals surface area contributed by atoms with Gasteiger partial charge in [-0.05, 0) is 49.7 Å². The average molecular weight is 454 g/mol. The van der Waals surface area contributed by atoms with Crippen LogP contribution >= 0.6 is 0 Å². The highest BCUT2D eigenvalue weighted by molar-refractivity contribution is 6.06. The third kappa shape index (κ3) is 5.74.